The van der Waals surface area contributed by atoms with Crippen molar-refractivity contribution in [1.29, 1.82) is 0 Å². The highest BCUT2D eigenvalue weighted by atomic mass is 16.5. The Hall–Kier alpha value is -2.68. The maximum atomic E-state index is 5.32. The molecule has 98 valence electrons. The lowest BCUT2D eigenvalue weighted by Crippen LogP contribution is -1.88. The molecule has 0 saturated carbocycles. The van der Waals surface area contributed by atoms with Gasteiger partial charge in [0.2, 0.25) is 0 Å². The summed E-state index contributed by atoms with van der Waals surface area (Å²) in [5.74, 6) is 0.845. The molecule has 0 radical (unpaired) electrons. The Morgan fingerprint density at radius 3 is 2.50 bits per heavy atom. The van der Waals surface area contributed by atoms with E-state index in [1.54, 1.807) is 13.3 Å². The van der Waals surface area contributed by atoms with Crippen LogP contribution in [-0.4, -0.2) is 17.1 Å². The van der Waals surface area contributed by atoms with Crippen LogP contribution in [0.1, 0.15) is 11.3 Å². The van der Waals surface area contributed by atoms with Crippen LogP contribution in [0.15, 0.2) is 54.7 Å². The molecule has 0 bridgehead atoms. The van der Waals surface area contributed by atoms with E-state index in [2.05, 4.69) is 9.97 Å². The van der Waals surface area contributed by atoms with Gasteiger partial charge >= 0.3 is 0 Å². The summed E-state index contributed by atoms with van der Waals surface area (Å²) in [7, 11) is 1.67. The third-order valence-electron chi connectivity index (χ3n) is 3.04. The monoisotopic (exact) mass is 262 g/mol. The van der Waals surface area contributed by atoms with Gasteiger partial charge in [-0.25, -0.2) is 4.98 Å². The van der Waals surface area contributed by atoms with Crippen molar-refractivity contribution < 1.29 is 4.74 Å². The molecular weight excluding hydrogens is 248 g/mol. The Kier molecular flexibility index (Phi) is 3.42. The fourth-order valence-corrected chi connectivity index (χ4v) is 2.03. The van der Waals surface area contributed by atoms with Gasteiger partial charge in [-0.15, -0.1) is 0 Å². The highest BCUT2D eigenvalue weighted by molar-refractivity contribution is 5.77. The lowest BCUT2D eigenvalue weighted by molar-refractivity contribution is 0.414. The Morgan fingerprint density at radius 2 is 1.65 bits per heavy atom. The first-order chi connectivity index (χ1) is 9.86. The van der Waals surface area contributed by atoms with Gasteiger partial charge in [-0.05, 0) is 30.4 Å². The molecule has 0 spiro atoms. The second-order valence-corrected chi connectivity index (χ2v) is 4.36. The van der Waals surface area contributed by atoms with Crippen LogP contribution in [0, 0.1) is 0 Å². The first kappa shape index (κ1) is 12.4. The van der Waals surface area contributed by atoms with Crippen molar-refractivity contribution in [2.45, 2.75) is 0 Å². The molecule has 0 amide bonds. The molecule has 0 saturated heterocycles. The standard InChI is InChI=1S/C17H14N2O/c1-20-17-9-5-2-6-13(17)10-11-14-12-18-15-7-3-4-8-16(15)19-14/h2-12H,1H3/b11-10+. The van der Waals surface area contributed by atoms with Gasteiger partial charge in [0.1, 0.15) is 5.75 Å². The first-order valence-electron chi connectivity index (χ1n) is 6.40. The fraction of sp³-hybridized carbons (Fsp3) is 0.0588. The summed E-state index contributed by atoms with van der Waals surface area (Å²) < 4.78 is 5.32. The average molecular weight is 262 g/mol. The third-order valence-corrected chi connectivity index (χ3v) is 3.04. The van der Waals surface area contributed by atoms with Gasteiger partial charge in [-0.1, -0.05) is 30.3 Å². The SMILES string of the molecule is COc1ccccc1/C=C/c1cnc2ccccc2n1. The van der Waals surface area contributed by atoms with Crippen molar-refractivity contribution in [3.8, 4) is 5.75 Å². The molecule has 0 unspecified atom stereocenters. The fourth-order valence-electron chi connectivity index (χ4n) is 2.03. The van der Waals surface area contributed by atoms with E-state index < -0.39 is 0 Å². The lowest BCUT2D eigenvalue weighted by atomic mass is 10.2. The number of aromatic nitrogens is 2. The molecule has 0 aliphatic rings. The molecule has 0 aliphatic heterocycles. The molecule has 0 fully saturated rings. The van der Waals surface area contributed by atoms with E-state index in [1.165, 1.54) is 0 Å². The number of hydrogen-bond acceptors (Lipinski definition) is 3. The molecule has 0 N–H and O–H groups in total. The van der Waals surface area contributed by atoms with Gasteiger partial charge in [0, 0.05) is 5.56 Å². The molecule has 0 atom stereocenters. The minimum atomic E-state index is 0.828. The van der Waals surface area contributed by atoms with Gasteiger partial charge in [-0.3, -0.25) is 4.98 Å². The summed E-state index contributed by atoms with van der Waals surface area (Å²) >= 11 is 0. The summed E-state index contributed by atoms with van der Waals surface area (Å²) in [5, 5.41) is 0. The molecule has 2 aromatic carbocycles. The van der Waals surface area contributed by atoms with E-state index in [0.29, 0.717) is 0 Å². The van der Waals surface area contributed by atoms with Crippen molar-refractivity contribution in [1.82, 2.24) is 9.97 Å². The smallest absolute Gasteiger partial charge is 0.126 e. The molecular formula is C17H14N2O. The Morgan fingerprint density at radius 1 is 0.900 bits per heavy atom. The van der Waals surface area contributed by atoms with E-state index in [0.717, 1.165) is 28.0 Å². The number of ether oxygens (including phenoxy) is 1. The predicted octanol–water partition coefficient (Wildman–Crippen LogP) is 3.81. The molecule has 20 heavy (non-hydrogen) atoms. The van der Waals surface area contributed by atoms with E-state index in [4.69, 9.17) is 4.74 Å². The Bertz CT molecular complexity index is 766. The van der Waals surface area contributed by atoms with Gasteiger partial charge < -0.3 is 4.74 Å². The van der Waals surface area contributed by atoms with Crippen molar-refractivity contribution in [2.24, 2.45) is 0 Å². The summed E-state index contributed by atoms with van der Waals surface area (Å²) in [5.41, 5.74) is 3.65. The minimum Gasteiger partial charge on any atom is -0.496 e. The number of nitrogens with zero attached hydrogens (tertiary/aromatic N) is 2. The van der Waals surface area contributed by atoms with Crippen molar-refractivity contribution in [3.05, 3.63) is 66.0 Å². The number of hydrogen-bond donors (Lipinski definition) is 0. The van der Waals surface area contributed by atoms with Crippen LogP contribution in [0.2, 0.25) is 0 Å². The average Bonchev–Trinajstić information content (AvgIpc) is 2.53. The summed E-state index contributed by atoms with van der Waals surface area (Å²) in [6.45, 7) is 0. The van der Waals surface area contributed by atoms with Crippen LogP contribution < -0.4 is 4.74 Å². The summed E-state index contributed by atoms with van der Waals surface area (Å²) in [6, 6.07) is 15.7. The van der Waals surface area contributed by atoms with E-state index >= 15 is 0 Å². The lowest BCUT2D eigenvalue weighted by Gasteiger charge is -2.03. The quantitative estimate of drug-likeness (QED) is 0.720. The Labute approximate surface area is 117 Å². The topological polar surface area (TPSA) is 35.0 Å². The second kappa shape index (κ2) is 5.53. The molecule has 3 nitrogen and oxygen atoms in total. The van der Waals surface area contributed by atoms with Gasteiger partial charge in [0.25, 0.3) is 0 Å². The molecule has 3 heteroatoms. The number of rotatable bonds is 3. The van der Waals surface area contributed by atoms with E-state index in [1.807, 2.05) is 60.7 Å². The normalized spacial score (nSPS) is 11.1. The van der Waals surface area contributed by atoms with Crippen LogP contribution in [0.3, 0.4) is 0 Å². The van der Waals surface area contributed by atoms with Crippen molar-refractivity contribution in [3.63, 3.8) is 0 Å². The zero-order chi connectivity index (χ0) is 13.8. The Balaban J connectivity index is 1.94. The van der Waals surface area contributed by atoms with Gasteiger partial charge in [-0.2, -0.15) is 0 Å². The van der Waals surface area contributed by atoms with Crippen LogP contribution in [0.4, 0.5) is 0 Å². The zero-order valence-corrected chi connectivity index (χ0v) is 11.2. The van der Waals surface area contributed by atoms with Crippen molar-refractivity contribution in [2.75, 3.05) is 7.11 Å². The van der Waals surface area contributed by atoms with Gasteiger partial charge in [0.05, 0.1) is 30.0 Å². The number of methoxy groups -OCH3 is 1. The maximum Gasteiger partial charge on any atom is 0.126 e. The minimum absolute atomic E-state index is 0.828. The molecule has 3 aromatic rings. The van der Waals surface area contributed by atoms with Crippen LogP contribution in [0.5, 0.6) is 5.75 Å². The van der Waals surface area contributed by atoms with Gasteiger partial charge in [0.15, 0.2) is 0 Å². The number of fused-ring (bicyclic) bond motifs is 1. The largest absolute Gasteiger partial charge is 0.496 e. The zero-order valence-electron chi connectivity index (χ0n) is 11.2. The first-order valence-corrected chi connectivity index (χ1v) is 6.40. The molecule has 0 aliphatic carbocycles. The molecule has 1 heterocycles. The van der Waals surface area contributed by atoms with Crippen LogP contribution in [0.25, 0.3) is 23.2 Å². The summed E-state index contributed by atoms with van der Waals surface area (Å²) in [4.78, 5) is 8.95. The second-order valence-electron chi connectivity index (χ2n) is 4.36. The predicted molar refractivity (Wildman–Crippen MR) is 81.5 cm³/mol. The van der Waals surface area contributed by atoms with E-state index in [-0.39, 0.29) is 0 Å². The van der Waals surface area contributed by atoms with Crippen LogP contribution >= 0.6 is 0 Å². The highest BCUT2D eigenvalue weighted by Gasteiger charge is 1.98. The molecule has 1 aromatic heterocycles. The maximum absolute atomic E-state index is 5.32. The third kappa shape index (κ3) is 2.52. The van der Waals surface area contributed by atoms with E-state index in [9.17, 15) is 0 Å². The number of benzene rings is 2. The molecule has 3 rings (SSSR count). The number of para-hydroxylation sites is 3. The highest BCUT2D eigenvalue weighted by Crippen LogP contribution is 2.20. The van der Waals surface area contributed by atoms with Crippen molar-refractivity contribution >= 4 is 23.2 Å². The van der Waals surface area contributed by atoms with Crippen LogP contribution in [-0.2, 0) is 0 Å². The summed E-state index contributed by atoms with van der Waals surface area (Å²) in [6.07, 6.45) is 5.70.